The van der Waals surface area contributed by atoms with E-state index in [1.165, 1.54) is 83.8 Å². The van der Waals surface area contributed by atoms with Gasteiger partial charge in [0.05, 0.1) is 6.10 Å². The maximum absolute atomic E-state index is 5.79. The van der Waals surface area contributed by atoms with Crippen molar-refractivity contribution in [3.63, 3.8) is 0 Å². The summed E-state index contributed by atoms with van der Waals surface area (Å²) in [5.41, 5.74) is 0.487. The van der Waals surface area contributed by atoms with Gasteiger partial charge in [0.25, 0.3) is 0 Å². The van der Waals surface area contributed by atoms with Crippen LogP contribution >= 0.6 is 0 Å². The summed E-state index contributed by atoms with van der Waals surface area (Å²) in [5, 5.41) is 3.82. The highest BCUT2D eigenvalue weighted by atomic mass is 16.5. The van der Waals surface area contributed by atoms with Crippen LogP contribution in [0, 0.1) is 0 Å². The average molecular weight is 294 g/mol. The largest absolute Gasteiger partial charge is 0.378 e. The van der Waals surface area contributed by atoms with E-state index in [0.717, 1.165) is 6.61 Å². The molecule has 2 atom stereocenters. The molecule has 1 aliphatic carbocycles. The molecule has 1 N–H and O–H groups in total. The van der Waals surface area contributed by atoms with E-state index < -0.39 is 0 Å². The lowest BCUT2D eigenvalue weighted by molar-refractivity contribution is 0.00475. The Labute approximate surface area is 130 Å². The number of nitrogens with one attached hydrogen (secondary N) is 1. The van der Waals surface area contributed by atoms with Gasteiger partial charge in [0.15, 0.2) is 0 Å². The Kier molecular flexibility index (Phi) is 5.58. The van der Waals surface area contributed by atoms with Crippen LogP contribution in [0.15, 0.2) is 0 Å². The highest BCUT2D eigenvalue weighted by Crippen LogP contribution is 2.36. The third-order valence-electron chi connectivity index (χ3n) is 6.09. The molecule has 2 saturated heterocycles. The first-order chi connectivity index (χ1) is 10.3. The third-order valence-corrected chi connectivity index (χ3v) is 6.09. The van der Waals surface area contributed by atoms with Crippen molar-refractivity contribution in [2.45, 2.75) is 88.8 Å². The molecular formula is C18H34N2O. The summed E-state index contributed by atoms with van der Waals surface area (Å²) in [6, 6.07) is 0.709. The second-order valence-corrected chi connectivity index (χ2v) is 7.49. The van der Waals surface area contributed by atoms with Crippen molar-refractivity contribution in [1.82, 2.24) is 10.2 Å². The fraction of sp³-hybridized carbons (Fsp3) is 1.00. The van der Waals surface area contributed by atoms with E-state index in [1.807, 2.05) is 0 Å². The SMILES string of the molecule is CCC1CN(CCCC2CCCO2)C2(CCCCC2)CN1. The molecular weight excluding hydrogens is 260 g/mol. The highest BCUT2D eigenvalue weighted by molar-refractivity contribution is 5.00. The summed E-state index contributed by atoms with van der Waals surface area (Å²) in [4.78, 5) is 2.87. The Balaban J connectivity index is 1.54. The molecule has 3 fully saturated rings. The molecule has 0 radical (unpaired) electrons. The molecule has 2 heterocycles. The molecule has 3 nitrogen and oxygen atoms in total. The predicted octanol–water partition coefficient (Wildman–Crippen LogP) is 3.33. The summed E-state index contributed by atoms with van der Waals surface area (Å²) in [5.74, 6) is 0. The normalized spacial score (nSPS) is 33.6. The summed E-state index contributed by atoms with van der Waals surface area (Å²) in [6.07, 6.45) is 14.1. The Morgan fingerprint density at radius 1 is 1.19 bits per heavy atom. The first kappa shape index (κ1) is 15.8. The number of rotatable bonds is 5. The van der Waals surface area contributed by atoms with Crippen LogP contribution in [-0.2, 0) is 4.74 Å². The second kappa shape index (κ2) is 7.43. The summed E-state index contributed by atoms with van der Waals surface area (Å²) in [6.45, 7) is 7.10. The van der Waals surface area contributed by atoms with E-state index in [-0.39, 0.29) is 0 Å². The molecule has 3 heteroatoms. The van der Waals surface area contributed by atoms with Crippen LogP contribution in [-0.4, -0.2) is 48.8 Å². The van der Waals surface area contributed by atoms with Crippen LogP contribution < -0.4 is 5.32 Å². The zero-order chi connectivity index (χ0) is 14.5. The lowest BCUT2D eigenvalue weighted by Crippen LogP contribution is -2.65. The maximum atomic E-state index is 5.79. The molecule has 21 heavy (non-hydrogen) atoms. The van der Waals surface area contributed by atoms with Crippen molar-refractivity contribution >= 4 is 0 Å². The fourth-order valence-electron chi connectivity index (χ4n) is 4.66. The fourth-order valence-corrected chi connectivity index (χ4v) is 4.66. The van der Waals surface area contributed by atoms with Crippen LogP contribution in [0.1, 0.15) is 71.1 Å². The van der Waals surface area contributed by atoms with Crippen LogP contribution in [0.25, 0.3) is 0 Å². The first-order valence-electron chi connectivity index (χ1n) is 9.42. The van der Waals surface area contributed by atoms with Crippen molar-refractivity contribution < 1.29 is 4.74 Å². The molecule has 3 aliphatic rings. The summed E-state index contributed by atoms with van der Waals surface area (Å²) in [7, 11) is 0. The molecule has 0 bridgehead atoms. The van der Waals surface area contributed by atoms with Gasteiger partial charge in [-0.3, -0.25) is 4.90 Å². The monoisotopic (exact) mass is 294 g/mol. The van der Waals surface area contributed by atoms with Crippen molar-refractivity contribution in [3.8, 4) is 0 Å². The van der Waals surface area contributed by atoms with Gasteiger partial charge in [-0.05, 0) is 51.5 Å². The Bertz CT molecular complexity index is 308. The van der Waals surface area contributed by atoms with Crippen molar-refractivity contribution in [2.24, 2.45) is 0 Å². The number of nitrogens with zero attached hydrogens (tertiary/aromatic N) is 1. The molecule has 1 spiro atoms. The van der Waals surface area contributed by atoms with Crippen LogP contribution in [0.5, 0.6) is 0 Å². The van der Waals surface area contributed by atoms with Crippen molar-refractivity contribution in [1.29, 1.82) is 0 Å². The van der Waals surface area contributed by atoms with E-state index in [9.17, 15) is 0 Å². The topological polar surface area (TPSA) is 24.5 Å². The van der Waals surface area contributed by atoms with Gasteiger partial charge in [-0.15, -0.1) is 0 Å². The minimum absolute atomic E-state index is 0.487. The van der Waals surface area contributed by atoms with Crippen molar-refractivity contribution in [2.75, 3.05) is 26.2 Å². The summed E-state index contributed by atoms with van der Waals surface area (Å²) < 4.78 is 5.79. The minimum Gasteiger partial charge on any atom is -0.378 e. The zero-order valence-corrected chi connectivity index (χ0v) is 13.9. The van der Waals surface area contributed by atoms with E-state index in [2.05, 4.69) is 17.1 Å². The molecule has 0 aromatic rings. The zero-order valence-electron chi connectivity index (χ0n) is 13.9. The minimum atomic E-state index is 0.487. The van der Waals surface area contributed by atoms with Gasteiger partial charge >= 0.3 is 0 Å². The lowest BCUT2D eigenvalue weighted by atomic mass is 9.78. The van der Waals surface area contributed by atoms with Gasteiger partial charge in [0.2, 0.25) is 0 Å². The smallest absolute Gasteiger partial charge is 0.0576 e. The van der Waals surface area contributed by atoms with E-state index in [1.54, 1.807) is 0 Å². The van der Waals surface area contributed by atoms with E-state index >= 15 is 0 Å². The molecule has 2 aliphatic heterocycles. The average Bonchev–Trinajstić information content (AvgIpc) is 3.03. The number of piperazine rings is 1. The van der Waals surface area contributed by atoms with Gasteiger partial charge in [0.1, 0.15) is 0 Å². The Morgan fingerprint density at radius 2 is 2.05 bits per heavy atom. The van der Waals surface area contributed by atoms with Gasteiger partial charge in [-0.25, -0.2) is 0 Å². The highest BCUT2D eigenvalue weighted by Gasteiger charge is 2.41. The lowest BCUT2D eigenvalue weighted by Gasteiger charge is -2.52. The first-order valence-corrected chi connectivity index (χ1v) is 9.42. The van der Waals surface area contributed by atoms with Crippen LogP contribution in [0.2, 0.25) is 0 Å². The van der Waals surface area contributed by atoms with Gasteiger partial charge in [-0.2, -0.15) is 0 Å². The number of hydrogen-bond acceptors (Lipinski definition) is 3. The van der Waals surface area contributed by atoms with E-state index in [4.69, 9.17) is 4.74 Å². The van der Waals surface area contributed by atoms with Gasteiger partial charge < -0.3 is 10.1 Å². The maximum Gasteiger partial charge on any atom is 0.0576 e. The number of hydrogen-bond donors (Lipinski definition) is 1. The third kappa shape index (κ3) is 3.80. The second-order valence-electron chi connectivity index (χ2n) is 7.49. The molecule has 0 aromatic carbocycles. The standard InChI is InChI=1S/C18H34N2O/c1-2-16-14-20(12-6-8-17-9-7-13-21-17)18(15-19-16)10-4-3-5-11-18/h16-17,19H,2-15H2,1H3. The molecule has 122 valence electrons. The molecule has 0 amide bonds. The van der Waals surface area contributed by atoms with Crippen LogP contribution in [0.4, 0.5) is 0 Å². The predicted molar refractivity (Wildman–Crippen MR) is 87.7 cm³/mol. The Hall–Kier alpha value is -0.120. The quantitative estimate of drug-likeness (QED) is 0.842. The molecule has 0 aromatic heterocycles. The Morgan fingerprint density at radius 3 is 2.76 bits per heavy atom. The molecule has 3 rings (SSSR count). The molecule has 1 saturated carbocycles. The van der Waals surface area contributed by atoms with Gasteiger partial charge in [0, 0.05) is 31.3 Å². The van der Waals surface area contributed by atoms with Gasteiger partial charge in [-0.1, -0.05) is 26.2 Å². The summed E-state index contributed by atoms with van der Waals surface area (Å²) >= 11 is 0. The van der Waals surface area contributed by atoms with Crippen molar-refractivity contribution in [3.05, 3.63) is 0 Å². The number of ether oxygens (including phenoxy) is 1. The molecule has 2 unspecified atom stereocenters. The van der Waals surface area contributed by atoms with E-state index in [0.29, 0.717) is 17.7 Å². The van der Waals surface area contributed by atoms with Crippen LogP contribution in [0.3, 0.4) is 0 Å².